The molecule has 2 bridgehead atoms. The van der Waals surface area contributed by atoms with Gasteiger partial charge in [0, 0.05) is 31.6 Å². The van der Waals surface area contributed by atoms with Crippen LogP contribution in [0.15, 0.2) is 57.8 Å². The summed E-state index contributed by atoms with van der Waals surface area (Å²) < 4.78 is 39.6. The number of carbonyl (C=O) groups excluding carboxylic acids is 2. The molecule has 2 aliphatic heterocycles. The van der Waals surface area contributed by atoms with Gasteiger partial charge in [0.1, 0.15) is 18.0 Å². The summed E-state index contributed by atoms with van der Waals surface area (Å²) >= 11 is 6.35. The monoisotopic (exact) mass is 657 g/mol. The number of anilines is 1. The Labute approximate surface area is 272 Å². The quantitative estimate of drug-likeness (QED) is 0.388. The number of nitrogens with zero attached hydrogens (tertiary/aromatic N) is 2. The third kappa shape index (κ3) is 7.73. The molecule has 9 nitrogen and oxygen atoms in total. The number of carbonyl (C=O) groups is 2. The van der Waals surface area contributed by atoms with E-state index in [1.807, 2.05) is 30.4 Å². The Kier molecular flexibility index (Phi) is 10.6. The number of rotatable bonds is 3. The minimum atomic E-state index is -3.71. The second-order valence-electron chi connectivity index (χ2n) is 12.5. The number of hydrogen-bond acceptors (Lipinski definition) is 7. The summed E-state index contributed by atoms with van der Waals surface area (Å²) in [5, 5.41) is 0.702. The zero-order valence-corrected chi connectivity index (χ0v) is 28.1. The molecule has 5 rings (SSSR count). The van der Waals surface area contributed by atoms with Crippen LogP contribution in [0, 0.1) is 11.8 Å². The van der Waals surface area contributed by atoms with E-state index in [1.165, 1.54) is 5.56 Å². The maximum absolute atomic E-state index is 14.6. The number of nitrogens with one attached hydrogen (secondary N) is 1. The molecule has 11 heteroatoms. The molecule has 2 heterocycles. The summed E-state index contributed by atoms with van der Waals surface area (Å²) in [5.74, 6) is 0.0919. The van der Waals surface area contributed by atoms with Crippen molar-refractivity contribution in [3.05, 3.63) is 64.7 Å². The summed E-state index contributed by atoms with van der Waals surface area (Å²) in [4.78, 5) is 28.7. The Bertz CT molecular complexity index is 1570. The van der Waals surface area contributed by atoms with Gasteiger partial charge in [-0.15, -0.1) is 4.36 Å². The highest BCUT2D eigenvalue weighted by atomic mass is 35.5. The average Bonchev–Trinajstić information content (AvgIpc) is 3.03. The van der Waals surface area contributed by atoms with Gasteiger partial charge in [0.2, 0.25) is 5.91 Å². The lowest BCUT2D eigenvalue weighted by atomic mass is 9.70. The second-order valence-corrected chi connectivity index (χ2v) is 14.8. The predicted molar refractivity (Wildman–Crippen MR) is 176 cm³/mol. The van der Waals surface area contributed by atoms with Gasteiger partial charge in [-0.3, -0.25) is 14.3 Å². The lowest BCUT2D eigenvalue weighted by molar-refractivity contribution is -0.137. The van der Waals surface area contributed by atoms with Crippen LogP contribution < -0.4 is 14.4 Å². The molecule has 0 aromatic heterocycles. The first-order chi connectivity index (χ1) is 21.5. The molecule has 2 amide bonds. The largest absolute Gasteiger partial charge is 0.487 e. The van der Waals surface area contributed by atoms with Crippen LogP contribution in [0.3, 0.4) is 0 Å². The predicted octanol–water partition coefficient (Wildman–Crippen LogP) is 6.26. The Balaban J connectivity index is 1.65. The van der Waals surface area contributed by atoms with Crippen molar-refractivity contribution < 1.29 is 28.0 Å². The fourth-order valence-electron chi connectivity index (χ4n) is 6.12. The van der Waals surface area contributed by atoms with Gasteiger partial charge >= 0.3 is 0 Å². The fraction of sp³-hybridized carbons (Fsp3) is 0.529. The number of ether oxygens (including phenoxy) is 3. The summed E-state index contributed by atoms with van der Waals surface area (Å²) in [6, 6.07) is 11.1. The number of hydrogen-bond donors (Lipinski definition) is 1. The number of fused-ring (bicyclic) bond motifs is 3. The molecule has 3 aliphatic rings. The van der Waals surface area contributed by atoms with E-state index in [9.17, 15) is 13.8 Å². The van der Waals surface area contributed by atoms with Crippen LogP contribution in [-0.2, 0) is 42.0 Å². The highest BCUT2D eigenvalue weighted by Crippen LogP contribution is 2.42. The molecule has 2 aromatic rings. The second kappa shape index (κ2) is 14.2. The molecule has 1 fully saturated rings. The Hall–Kier alpha value is -2.92. The van der Waals surface area contributed by atoms with E-state index in [1.54, 1.807) is 46.1 Å². The zero-order valence-electron chi connectivity index (χ0n) is 26.6. The SMILES string of the molecule is CCC(=O)NS1(=O)=NC(=O)C(C)(C)OC/C=C/[C@@H](OC)[C@@H]2CC[C@H]2CN2CCCCc3cc(Cl)ccc3COc3ccc1cc32. The molecule has 1 aliphatic carbocycles. The summed E-state index contributed by atoms with van der Waals surface area (Å²) in [6.07, 6.45) is 8.73. The van der Waals surface area contributed by atoms with E-state index < -0.39 is 27.3 Å². The van der Waals surface area contributed by atoms with E-state index in [0.29, 0.717) is 29.2 Å². The number of methoxy groups -OCH3 is 1. The van der Waals surface area contributed by atoms with Crippen LogP contribution >= 0.6 is 11.6 Å². The first-order valence-corrected chi connectivity index (χ1v) is 17.7. The van der Waals surface area contributed by atoms with E-state index in [-0.39, 0.29) is 24.0 Å². The van der Waals surface area contributed by atoms with E-state index in [4.69, 9.17) is 25.8 Å². The minimum Gasteiger partial charge on any atom is -0.487 e. The lowest BCUT2D eigenvalue weighted by Gasteiger charge is -2.43. The molecule has 4 atom stereocenters. The van der Waals surface area contributed by atoms with E-state index >= 15 is 0 Å². The fourth-order valence-corrected chi connectivity index (χ4v) is 8.01. The number of benzene rings is 2. The molecule has 1 N–H and O–H groups in total. The van der Waals surface area contributed by atoms with Gasteiger partial charge in [0.05, 0.1) is 23.3 Å². The Morgan fingerprint density at radius 2 is 2.00 bits per heavy atom. The first kappa shape index (κ1) is 33.4. The number of aryl methyl sites for hydroxylation is 1. The summed E-state index contributed by atoms with van der Waals surface area (Å²) in [7, 11) is -1.98. The first-order valence-electron chi connectivity index (χ1n) is 15.8. The molecular formula is C34H44ClN3O6S. The molecule has 244 valence electrons. The van der Waals surface area contributed by atoms with Crippen LogP contribution in [0.4, 0.5) is 5.69 Å². The van der Waals surface area contributed by atoms with Crippen molar-refractivity contribution in [2.45, 2.75) is 82.5 Å². The van der Waals surface area contributed by atoms with E-state index in [0.717, 1.165) is 56.4 Å². The molecule has 1 saturated carbocycles. The third-order valence-corrected chi connectivity index (χ3v) is 11.1. The Morgan fingerprint density at radius 3 is 2.73 bits per heavy atom. The van der Waals surface area contributed by atoms with Crippen LogP contribution in [-0.4, -0.2) is 54.5 Å². The van der Waals surface area contributed by atoms with Gasteiger partial charge in [-0.05, 0) is 99.2 Å². The van der Waals surface area contributed by atoms with Crippen LogP contribution in [0.25, 0.3) is 0 Å². The van der Waals surface area contributed by atoms with E-state index in [2.05, 4.69) is 14.0 Å². The van der Waals surface area contributed by atoms with Gasteiger partial charge in [-0.1, -0.05) is 36.7 Å². The molecule has 1 unspecified atom stereocenters. The number of amides is 2. The molecule has 2 aromatic carbocycles. The van der Waals surface area contributed by atoms with Crippen molar-refractivity contribution in [2.75, 3.05) is 31.7 Å². The lowest BCUT2D eigenvalue weighted by Crippen LogP contribution is -2.44. The van der Waals surface area contributed by atoms with Crippen molar-refractivity contribution in [3.63, 3.8) is 0 Å². The smallest absolute Gasteiger partial charge is 0.287 e. The molecule has 45 heavy (non-hydrogen) atoms. The van der Waals surface area contributed by atoms with Crippen LogP contribution in [0.5, 0.6) is 5.75 Å². The maximum atomic E-state index is 14.6. The average molecular weight is 658 g/mol. The summed E-state index contributed by atoms with van der Waals surface area (Å²) in [5.41, 5.74) is 1.60. The summed E-state index contributed by atoms with van der Waals surface area (Å²) in [6.45, 7) is 6.82. The molecule has 0 radical (unpaired) electrons. The van der Waals surface area contributed by atoms with Crippen LogP contribution in [0.2, 0.25) is 5.02 Å². The van der Waals surface area contributed by atoms with Crippen LogP contribution in [0.1, 0.15) is 64.0 Å². The maximum Gasteiger partial charge on any atom is 0.287 e. The standard InChI is InChI=1S/C34H44ClN3O6S/c1-5-32(39)36-45(41)27-14-16-31-29(20-27)38(17-7-6-9-23-19-26(35)13-11-25(23)22-43-31)21-24-12-15-28(24)30(42-4)10-8-18-44-34(2,3)33(40)37-45/h8,10-11,13-14,16,19-20,24,28,30H,5-7,9,12,15,17-18,21-22H2,1-4H3,(H,36,37,39,40,41)/b10-8+/t24-,28+,30+,45?/m0/s1. The molecule has 0 saturated heterocycles. The minimum absolute atomic E-state index is 0.0821. The van der Waals surface area contributed by atoms with Crippen molar-refractivity contribution in [3.8, 4) is 5.75 Å². The normalized spacial score (nSPS) is 27.7. The van der Waals surface area contributed by atoms with Gasteiger partial charge in [-0.25, -0.2) is 4.21 Å². The highest BCUT2D eigenvalue weighted by Gasteiger charge is 2.38. The van der Waals surface area contributed by atoms with Crippen molar-refractivity contribution in [2.24, 2.45) is 16.2 Å². The van der Waals surface area contributed by atoms with Crippen molar-refractivity contribution >= 4 is 39.0 Å². The van der Waals surface area contributed by atoms with Crippen molar-refractivity contribution in [1.82, 2.24) is 4.72 Å². The highest BCUT2D eigenvalue weighted by molar-refractivity contribution is 7.92. The zero-order chi connectivity index (χ0) is 32.2. The van der Waals surface area contributed by atoms with Gasteiger partial charge in [-0.2, -0.15) is 0 Å². The van der Waals surface area contributed by atoms with Gasteiger partial charge < -0.3 is 19.1 Å². The Morgan fingerprint density at radius 1 is 1.18 bits per heavy atom. The third-order valence-electron chi connectivity index (χ3n) is 9.06. The molecular weight excluding hydrogens is 614 g/mol. The molecule has 0 spiro atoms. The van der Waals surface area contributed by atoms with Gasteiger partial charge in [0.25, 0.3) is 5.91 Å². The topological polar surface area (TPSA) is 107 Å². The van der Waals surface area contributed by atoms with Gasteiger partial charge in [0.15, 0.2) is 9.92 Å². The van der Waals surface area contributed by atoms with Crippen molar-refractivity contribution in [1.29, 1.82) is 0 Å². The number of halogens is 1.